The van der Waals surface area contributed by atoms with Crippen LogP contribution in [-0.2, 0) is 9.47 Å². The van der Waals surface area contributed by atoms with Gasteiger partial charge in [-0.1, -0.05) is 34.6 Å². The van der Waals surface area contributed by atoms with Crippen LogP contribution in [0.1, 0.15) is 99.8 Å². The third-order valence-corrected chi connectivity index (χ3v) is 14.4. The van der Waals surface area contributed by atoms with Crippen molar-refractivity contribution in [3.63, 3.8) is 0 Å². The van der Waals surface area contributed by atoms with Crippen LogP contribution >= 0.6 is 0 Å². The predicted octanol–water partition coefficient (Wildman–Crippen LogP) is 4.66. The number of aliphatic hydroxyl groups is 3. The average molecular weight is 548 g/mol. The lowest BCUT2D eigenvalue weighted by Crippen LogP contribution is -2.59. The van der Waals surface area contributed by atoms with E-state index >= 15 is 0 Å². The van der Waals surface area contributed by atoms with E-state index in [9.17, 15) is 20.1 Å². The van der Waals surface area contributed by atoms with Crippen LogP contribution < -0.4 is 5.32 Å². The number of alkyl carbamates (subject to hydrolysis) is 1. The molecule has 6 rings (SSSR count). The van der Waals surface area contributed by atoms with Crippen molar-refractivity contribution in [2.24, 2.45) is 50.7 Å². The van der Waals surface area contributed by atoms with Gasteiger partial charge in [0.1, 0.15) is 11.7 Å². The normalized spacial score (nSPS) is 54.2. The summed E-state index contributed by atoms with van der Waals surface area (Å²) in [5, 5.41) is 37.1. The number of amides is 1. The summed E-state index contributed by atoms with van der Waals surface area (Å²) in [5.41, 5.74) is -0.914. The SMILES string of the molecule is CNC(=O)OC(C)(C)[C@@H](O)[C@H]1C[C@@H](C)[C@H]2[C@H](O1)[C@H](O)[C@@]1(C)[C@@H]3CC[C@H]4C(C)(C)[C@@H](O)CC[C@@]45C[C@@]35CC[C@]21C. The molecule has 5 aliphatic carbocycles. The van der Waals surface area contributed by atoms with E-state index in [0.717, 1.165) is 32.1 Å². The van der Waals surface area contributed by atoms with Gasteiger partial charge in [0.25, 0.3) is 0 Å². The summed E-state index contributed by atoms with van der Waals surface area (Å²) in [6.07, 6.45) is 5.24. The lowest BCUT2D eigenvalue weighted by Gasteiger charge is -2.63. The Labute approximate surface area is 234 Å². The van der Waals surface area contributed by atoms with E-state index in [1.807, 2.05) is 0 Å². The molecule has 0 bridgehead atoms. The molecule has 0 aromatic rings. The second kappa shape index (κ2) is 8.35. The van der Waals surface area contributed by atoms with E-state index in [2.05, 4.69) is 39.9 Å². The van der Waals surface area contributed by atoms with Crippen LogP contribution in [0.15, 0.2) is 0 Å². The molecule has 0 aromatic carbocycles. The molecule has 7 heteroatoms. The van der Waals surface area contributed by atoms with Crippen molar-refractivity contribution < 1.29 is 29.6 Å². The van der Waals surface area contributed by atoms with Gasteiger partial charge in [-0.15, -0.1) is 0 Å². The first-order valence-electron chi connectivity index (χ1n) is 15.6. The van der Waals surface area contributed by atoms with E-state index in [4.69, 9.17) is 9.47 Å². The summed E-state index contributed by atoms with van der Waals surface area (Å²) in [6, 6.07) is 0. The third kappa shape index (κ3) is 3.28. The number of carbonyl (C=O) groups is 1. The highest BCUT2D eigenvalue weighted by Crippen LogP contribution is 2.89. The highest BCUT2D eigenvalue weighted by molar-refractivity contribution is 5.67. The van der Waals surface area contributed by atoms with Crippen LogP contribution in [0.3, 0.4) is 0 Å². The minimum absolute atomic E-state index is 0.0449. The number of rotatable bonds is 3. The van der Waals surface area contributed by atoms with Crippen LogP contribution in [0, 0.1) is 50.7 Å². The summed E-state index contributed by atoms with van der Waals surface area (Å²) in [4.78, 5) is 12.0. The first kappa shape index (κ1) is 28.2. The number of hydrogen-bond acceptors (Lipinski definition) is 6. The lowest BCUT2D eigenvalue weighted by molar-refractivity contribution is -0.202. The van der Waals surface area contributed by atoms with E-state index in [1.54, 1.807) is 13.8 Å². The van der Waals surface area contributed by atoms with Gasteiger partial charge in [-0.25, -0.2) is 4.79 Å². The number of ether oxygens (including phenoxy) is 2. The minimum Gasteiger partial charge on any atom is -0.441 e. The van der Waals surface area contributed by atoms with Crippen molar-refractivity contribution >= 4 is 6.09 Å². The Morgan fingerprint density at radius 3 is 2.33 bits per heavy atom. The van der Waals surface area contributed by atoms with Gasteiger partial charge < -0.3 is 30.1 Å². The molecule has 4 N–H and O–H groups in total. The van der Waals surface area contributed by atoms with E-state index in [0.29, 0.717) is 23.7 Å². The number of nitrogens with one attached hydrogen (secondary N) is 1. The quantitative estimate of drug-likeness (QED) is 0.410. The molecule has 5 saturated carbocycles. The monoisotopic (exact) mass is 547 g/mol. The molecule has 6 fully saturated rings. The first-order chi connectivity index (χ1) is 18.0. The second-order valence-corrected chi connectivity index (χ2v) is 16.3. The van der Waals surface area contributed by atoms with Crippen LogP contribution in [0.5, 0.6) is 0 Å². The summed E-state index contributed by atoms with van der Waals surface area (Å²) >= 11 is 0. The van der Waals surface area contributed by atoms with Gasteiger partial charge in [0.2, 0.25) is 0 Å². The molecule has 222 valence electrons. The molecule has 1 amide bonds. The fourth-order valence-corrected chi connectivity index (χ4v) is 12.3. The van der Waals surface area contributed by atoms with E-state index in [1.165, 1.54) is 19.9 Å². The molecule has 7 nitrogen and oxygen atoms in total. The van der Waals surface area contributed by atoms with Crippen LogP contribution in [0.4, 0.5) is 4.79 Å². The number of aliphatic hydroxyl groups excluding tert-OH is 3. The zero-order valence-electron chi connectivity index (χ0n) is 25.4. The second-order valence-electron chi connectivity index (χ2n) is 16.3. The van der Waals surface area contributed by atoms with E-state index < -0.39 is 30.0 Å². The highest BCUT2D eigenvalue weighted by atomic mass is 16.6. The summed E-state index contributed by atoms with van der Waals surface area (Å²) < 4.78 is 12.2. The minimum atomic E-state index is -1.12. The molecule has 1 saturated heterocycles. The maximum atomic E-state index is 12.3. The summed E-state index contributed by atoms with van der Waals surface area (Å²) in [6.45, 7) is 15.1. The van der Waals surface area contributed by atoms with E-state index in [-0.39, 0.29) is 45.7 Å². The summed E-state index contributed by atoms with van der Waals surface area (Å²) in [7, 11) is 1.51. The van der Waals surface area contributed by atoms with Gasteiger partial charge in [0.15, 0.2) is 0 Å². The maximum Gasteiger partial charge on any atom is 0.407 e. The average Bonchev–Trinajstić information content (AvgIpc) is 3.50. The van der Waals surface area contributed by atoms with Gasteiger partial charge in [-0.3, -0.25) is 0 Å². The molecular weight excluding hydrogens is 494 g/mol. The van der Waals surface area contributed by atoms with Crippen molar-refractivity contribution in [1.29, 1.82) is 0 Å². The Balaban J connectivity index is 1.31. The highest BCUT2D eigenvalue weighted by Gasteiger charge is 2.84. The van der Waals surface area contributed by atoms with Gasteiger partial charge in [0, 0.05) is 12.5 Å². The Hall–Kier alpha value is -0.890. The van der Waals surface area contributed by atoms with Gasteiger partial charge >= 0.3 is 6.09 Å². The molecule has 39 heavy (non-hydrogen) atoms. The fourth-order valence-electron chi connectivity index (χ4n) is 12.3. The number of fused-ring (bicyclic) bond motifs is 4. The largest absolute Gasteiger partial charge is 0.441 e. The smallest absolute Gasteiger partial charge is 0.407 e. The molecular formula is C32H53NO6. The van der Waals surface area contributed by atoms with Crippen LogP contribution in [0.25, 0.3) is 0 Å². The Morgan fingerprint density at radius 2 is 1.67 bits per heavy atom. The van der Waals surface area contributed by atoms with Crippen LogP contribution in [-0.4, -0.2) is 64.6 Å². The Kier molecular flexibility index (Phi) is 6.05. The number of hydrogen-bond donors (Lipinski definition) is 4. The standard InChI is InChI=1S/C32H53NO6/c1-17-15-18(24(35)28(4,5)39-26(37)33-8)38-23-22(17)29(6)13-14-32-16-31(32)12-11-21(34)27(2,3)19(31)9-10-20(32)30(29,7)25(23)36/h17-25,34-36H,9-16H2,1-8H3,(H,33,37)/t17-,18-,19+,20+,21+,22+,23+,24+,25+,29-,30-,31-,32+/m1/s1. The van der Waals surface area contributed by atoms with Gasteiger partial charge in [0.05, 0.1) is 24.4 Å². The molecule has 6 aliphatic rings. The Bertz CT molecular complexity index is 1030. The lowest BCUT2D eigenvalue weighted by atomic mass is 9.41. The fraction of sp³-hybridized carbons (Fsp3) is 0.969. The van der Waals surface area contributed by atoms with Crippen molar-refractivity contribution in [1.82, 2.24) is 5.32 Å². The van der Waals surface area contributed by atoms with Crippen molar-refractivity contribution in [3.05, 3.63) is 0 Å². The van der Waals surface area contributed by atoms with Crippen molar-refractivity contribution in [2.75, 3.05) is 7.05 Å². The number of carbonyl (C=O) groups excluding carboxylic acids is 1. The zero-order chi connectivity index (χ0) is 28.6. The molecule has 1 aliphatic heterocycles. The third-order valence-electron chi connectivity index (χ3n) is 14.4. The van der Waals surface area contributed by atoms with Gasteiger partial charge in [-0.2, -0.15) is 0 Å². The van der Waals surface area contributed by atoms with Crippen molar-refractivity contribution in [3.8, 4) is 0 Å². The first-order valence-corrected chi connectivity index (χ1v) is 15.6. The maximum absolute atomic E-state index is 12.3. The molecule has 0 radical (unpaired) electrons. The molecule has 13 atom stereocenters. The predicted molar refractivity (Wildman–Crippen MR) is 148 cm³/mol. The summed E-state index contributed by atoms with van der Waals surface area (Å²) in [5.74, 6) is 1.48. The molecule has 1 heterocycles. The molecule has 0 unspecified atom stereocenters. The molecule has 2 spiro atoms. The Morgan fingerprint density at radius 1 is 1.03 bits per heavy atom. The van der Waals surface area contributed by atoms with Crippen molar-refractivity contribution in [2.45, 2.75) is 136 Å². The van der Waals surface area contributed by atoms with Gasteiger partial charge in [-0.05, 0) is 111 Å². The molecule has 0 aromatic heterocycles. The van der Waals surface area contributed by atoms with Crippen LogP contribution in [0.2, 0.25) is 0 Å². The topological polar surface area (TPSA) is 108 Å². The zero-order valence-corrected chi connectivity index (χ0v) is 25.4.